The van der Waals surface area contributed by atoms with Gasteiger partial charge in [0.15, 0.2) is 0 Å². The second-order valence-corrected chi connectivity index (χ2v) is 9.55. The molecule has 5 aromatic rings. The second-order valence-electron chi connectivity index (χ2n) is 9.55. The fourth-order valence-corrected chi connectivity index (χ4v) is 6.12. The third-order valence-corrected chi connectivity index (χ3v) is 7.65. The van der Waals surface area contributed by atoms with E-state index in [-0.39, 0.29) is 0 Å². The van der Waals surface area contributed by atoms with E-state index < -0.39 is 0 Å². The predicted molar refractivity (Wildman–Crippen MR) is 148 cm³/mol. The summed E-state index contributed by atoms with van der Waals surface area (Å²) >= 11 is 0. The van der Waals surface area contributed by atoms with E-state index in [1.54, 1.807) is 0 Å². The highest BCUT2D eigenvalue weighted by molar-refractivity contribution is 6.26. The van der Waals surface area contributed by atoms with E-state index in [0.717, 1.165) is 12.8 Å². The predicted octanol–water partition coefficient (Wildman–Crippen LogP) is 9.06. The van der Waals surface area contributed by atoms with Crippen LogP contribution in [-0.2, 0) is 12.8 Å². The Balaban J connectivity index is 1.86. The normalized spacial score (nSPS) is 12.8. The largest absolute Gasteiger partial charge is 0.0617 e. The molecule has 0 spiro atoms. The van der Waals surface area contributed by atoms with E-state index >= 15 is 0 Å². The van der Waals surface area contributed by atoms with Crippen LogP contribution in [0.1, 0.15) is 58.4 Å². The number of fused-ring (bicyclic) bond motifs is 2. The van der Waals surface area contributed by atoms with Gasteiger partial charge in [-0.1, -0.05) is 92.7 Å². The highest BCUT2D eigenvalue weighted by atomic mass is 14.3. The summed E-state index contributed by atoms with van der Waals surface area (Å²) in [7, 11) is 0. The quantitative estimate of drug-likeness (QED) is 0.241. The zero-order valence-corrected chi connectivity index (χ0v) is 20.5. The van der Waals surface area contributed by atoms with Crippen LogP contribution >= 0.6 is 0 Å². The molecule has 0 radical (unpaired) electrons. The Hall–Kier alpha value is -3.64. The minimum Gasteiger partial charge on any atom is -0.0617 e. The zero-order chi connectivity index (χ0) is 23.4. The van der Waals surface area contributed by atoms with Crippen molar-refractivity contribution in [3.8, 4) is 0 Å². The van der Waals surface area contributed by atoms with Crippen molar-refractivity contribution in [2.24, 2.45) is 0 Å². The topological polar surface area (TPSA) is 0 Å². The smallest absolute Gasteiger partial charge is 0.00143 e. The maximum absolute atomic E-state index is 2.44. The number of rotatable bonds is 4. The first-order valence-electron chi connectivity index (χ1n) is 12.5. The third kappa shape index (κ3) is 2.91. The van der Waals surface area contributed by atoms with Crippen LogP contribution < -0.4 is 0 Å². The molecule has 0 nitrogen and oxygen atoms in total. The van der Waals surface area contributed by atoms with Crippen molar-refractivity contribution in [2.45, 2.75) is 40.5 Å². The molecular weight excluding hydrogens is 408 g/mol. The van der Waals surface area contributed by atoms with E-state index in [2.05, 4.69) is 113 Å². The summed E-state index contributed by atoms with van der Waals surface area (Å²) in [5.74, 6) is 0. The molecule has 1 aliphatic rings. The summed E-state index contributed by atoms with van der Waals surface area (Å²) in [4.78, 5) is 0. The lowest BCUT2D eigenvalue weighted by Crippen LogP contribution is -2.01. The molecule has 0 heteroatoms. The summed E-state index contributed by atoms with van der Waals surface area (Å²) in [5, 5.41) is 5.41. The van der Waals surface area contributed by atoms with Crippen molar-refractivity contribution >= 4 is 32.7 Å². The van der Waals surface area contributed by atoms with Gasteiger partial charge in [-0.15, -0.1) is 0 Å². The molecule has 0 heterocycles. The van der Waals surface area contributed by atoms with Gasteiger partial charge < -0.3 is 0 Å². The molecule has 0 N–H and O–H groups in total. The van der Waals surface area contributed by atoms with Gasteiger partial charge in [-0.05, 0) is 110 Å². The molecule has 0 unspecified atom stereocenters. The van der Waals surface area contributed by atoms with Crippen LogP contribution in [0.25, 0.3) is 32.7 Å². The van der Waals surface area contributed by atoms with Crippen molar-refractivity contribution in [2.75, 3.05) is 0 Å². The zero-order valence-electron chi connectivity index (χ0n) is 20.5. The SMILES string of the molecule is CCc1cccc(C)c1C1=C(c2c(C)cccc2CC)c2cc3ccccc3c3cccc1c23. The average molecular weight is 439 g/mol. The number of hydrogen-bond acceptors (Lipinski definition) is 0. The second kappa shape index (κ2) is 7.99. The van der Waals surface area contributed by atoms with Gasteiger partial charge in [0.1, 0.15) is 0 Å². The van der Waals surface area contributed by atoms with E-state index in [9.17, 15) is 0 Å². The lowest BCUT2D eigenvalue weighted by molar-refractivity contribution is 1.11. The molecule has 0 saturated carbocycles. The molecule has 0 saturated heterocycles. The summed E-state index contributed by atoms with van der Waals surface area (Å²) in [6.45, 7) is 9.11. The maximum atomic E-state index is 2.44. The Morgan fingerprint density at radius 3 is 1.74 bits per heavy atom. The van der Waals surface area contributed by atoms with Crippen LogP contribution in [0.2, 0.25) is 0 Å². The van der Waals surface area contributed by atoms with E-state index in [1.807, 2.05) is 0 Å². The monoisotopic (exact) mass is 438 g/mol. The van der Waals surface area contributed by atoms with Crippen molar-refractivity contribution in [3.63, 3.8) is 0 Å². The van der Waals surface area contributed by atoms with Crippen LogP contribution in [0.15, 0.2) is 84.9 Å². The van der Waals surface area contributed by atoms with Crippen molar-refractivity contribution in [3.05, 3.63) is 129 Å². The maximum Gasteiger partial charge on any atom is -0.00143 e. The molecule has 0 amide bonds. The van der Waals surface area contributed by atoms with Crippen molar-refractivity contribution in [1.82, 2.24) is 0 Å². The van der Waals surface area contributed by atoms with Gasteiger partial charge in [0.05, 0.1) is 0 Å². The standard InChI is InChI=1S/C34H30/c1-5-23-15-9-12-21(3)30(23)33-28-19-11-18-27-26-17-8-7-14-25(26)20-29(32(27)28)34(33)31-22(4)13-10-16-24(31)6-2/h7-20H,5-6H2,1-4H3. The number of benzene rings is 5. The first-order chi connectivity index (χ1) is 16.6. The van der Waals surface area contributed by atoms with Crippen LogP contribution in [-0.4, -0.2) is 0 Å². The average Bonchev–Trinajstić information content (AvgIpc) is 3.18. The molecule has 166 valence electrons. The lowest BCUT2D eigenvalue weighted by Gasteiger charge is -2.20. The summed E-state index contributed by atoms with van der Waals surface area (Å²) in [6, 6.07) is 31.8. The van der Waals surface area contributed by atoms with Gasteiger partial charge in [0, 0.05) is 0 Å². The molecule has 0 aromatic heterocycles. The van der Waals surface area contributed by atoms with Gasteiger partial charge in [-0.2, -0.15) is 0 Å². The molecule has 0 fully saturated rings. The highest BCUT2D eigenvalue weighted by Gasteiger charge is 2.30. The first kappa shape index (κ1) is 20.9. The van der Waals surface area contributed by atoms with Crippen LogP contribution in [0.3, 0.4) is 0 Å². The number of hydrogen-bond donors (Lipinski definition) is 0. The van der Waals surface area contributed by atoms with Crippen molar-refractivity contribution < 1.29 is 0 Å². The number of aryl methyl sites for hydroxylation is 4. The summed E-state index contributed by atoms with van der Waals surface area (Å²) in [6.07, 6.45) is 2.05. The van der Waals surface area contributed by atoms with E-state index in [4.69, 9.17) is 0 Å². The third-order valence-electron chi connectivity index (χ3n) is 7.65. The van der Waals surface area contributed by atoms with Gasteiger partial charge >= 0.3 is 0 Å². The summed E-state index contributed by atoms with van der Waals surface area (Å²) in [5.41, 5.74) is 14.0. The Morgan fingerprint density at radius 1 is 0.529 bits per heavy atom. The Morgan fingerprint density at radius 2 is 1.09 bits per heavy atom. The van der Waals surface area contributed by atoms with Gasteiger partial charge in [0.2, 0.25) is 0 Å². The van der Waals surface area contributed by atoms with Crippen LogP contribution in [0.5, 0.6) is 0 Å². The molecule has 0 aliphatic heterocycles. The molecule has 0 atom stereocenters. The van der Waals surface area contributed by atoms with Gasteiger partial charge in [-0.3, -0.25) is 0 Å². The molecule has 34 heavy (non-hydrogen) atoms. The van der Waals surface area contributed by atoms with E-state index in [1.165, 1.54) is 77.2 Å². The first-order valence-corrected chi connectivity index (χ1v) is 12.5. The van der Waals surface area contributed by atoms with E-state index in [0.29, 0.717) is 0 Å². The van der Waals surface area contributed by atoms with Gasteiger partial charge in [0.25, 0.3) is 0 Å². The summed E-state index contributed by atoms with van der Waals surface area (Å²) < 4.78 is 0. The fourth-order valence-electron chi connectivity index (χ4n) is 6.12. The minimum absolute atomic E-state index is 1.02. The molecule has 6 rings (SSSR count). The molecule has 5 aromatic carbocycles. The lowest BCUT2D eigenvalue weighted by atomic mass is 9.83. The molecular formula is C34H30. The fraction of sp³-hybridized carbons (Fsp3) is 0.176. The van der Waals surface area contributed by atoms with Crippen LogP contribution in [0.4, 0.5) is 0 Å². The Labute approximate surface area is 202 Å². The Kier molecular flexibility index (Phi) is 4.92. The molecule has 0 bridgehead atoms. The molecule has 1 aliphatic carbocycles. The van der Waals surface area contributed by atoms with Crippen LogP contribution in [0, 0.1) is 13.8 Å². The highest BCUT2D eigenvalue weighted by Crippen LogP contribution is 2.51. The Bertz CT molecular complexity index is 1630. The van der Waals surface area contributed by atoms with Crippen molar-refractivity contribution in [1.29, 1.82) is 0 Å². The van der Waals surface area contributed by atoms with Gasteiger partial charge in [-0.25, -0.2) is 0 Å². The minimum atomic E-state index is 1.02.